The zero-order chi connectivity index (χ0) is 9.10. The van der Waals surface area contributed by atoms with Crippen molar-refractivity contribution < 1.29 is 4.74 Å². The summed E-state index contributed by atoms with van der Waals surface area (Å²) < 4.78 is 5.57. The fraction of sp³-hybridized carbons (Fsp3) is 0.364. The summed E-state index contributed by atoms with van der Waals surface area (Å²) in [6, 6.07) is 8.14. The molecule has 0 atom stereocenters. The molecule has 1 nitrogen and oxygen atoms in total. The number of benzene rings is 1. The summed E-state index contributed by atoms with van der Waals surface area (Å²) >= 11 is 5.11. The predicted molar refractivity (Wildman–Crippen MR) is 57.2 cm³/mol. The Morgan fingerprint density at radius 2 is 1.85 bits per heavy atom. The summed E-state index contributed by atoms with van der Waals surface area (Å²) in [5, 5.41) is 0.729. The van der Waals surface area contributed by atoms with E-state index in [4.69, 9.17) is 17.0 Å². The minimum atomic E-state index is 0.729. The fourth-order valence-electron chi connectivity index (χ4n) is 1.57. The van der Waals surface area contributed by atoms with Gasteiger partial charge in [0.1, 0.15) is 5.75 Å². The SMILES string of the molecule is S=C1CCCCc2ccccc2O1. The number of rotatable bonds is 0. The second-order valence-electron chi connectivity index (χ2n) is 3.29. The molecule has 0 N–H and O–H groups in total. The third kappa shape index (κ3) is 2.07. The fourth-order valence-corrected chi connectivity index (χ4v) is 1.80. The van der Waals surface area contributed by atoms with Gasteiger partial charge >= 0.3 is 0 Å². The maximum absolute atomic E-state index is 5.57. The lowest BCUT2D eigenvalue weighted by Gasteiger charge is -2.14. The van der Waals surface area contributed by atoms with Gasteiger partial charge in [0.25, 0.3) is 0 Å². The highest BCUT2D eigenvalue weighted by atomic mass is 32.1. The molecule has 0 aromatic heterocycles. The molecule has 0 bridgehead atoms. The Balaban J connectivity index is 2.30. The molecule has 1 aromatic carbocycles. The summed E-state index contributed by atoms with van der Waals surface area (Å²) in [5.41, 5.74) is 1.28. The van der Waals surface area contributed by atoms with Crippen LogP contribution in [0.5, 0.6) is 5.75 Å². The van der Waals surface area contributed by atoms with Crippen molar-refractivity contribution in [3.8, 4) is 5.75 Å². The normalized spacial score (nSPS) is 16.8. The van der Waals surface area contributed by atoms with Crippen molar-refractivity contribution in [3.05, 3.63) is 29.8 Å². The van der Waals surface area contributed by atoms with Gasteiger partial charge in [-0.15, -0.1) is 0 Å². The smallest absolute Gasteiger partial charge is 0.167 e. The Morgan fingerprint density at radius 1 is 1.08 bits per heavy atom. The van der Waals surface area contributed by atoms with Crippen LogP contribution in [0.2, 0.25) is 0 Å². The van der Waals surface area contributed by atoms with Gasteiger partial charge in [-0.05, 0) is 43.1 Å². The Bertz CT molecular complexity index is 320. The third-order valence-electron chi connectivity index (χ3n) is 2.27. The van der Waals surface area contributed by atoms with Crippen LogP contribution >= 0.6 is 12.2 Å². The summed E-state index contributed by atoms with van der Waals surface area (Å²) in [7, 11) is 0. The van der Waals surface area contributed by atoms with Crippen LogP contribution in [0, 0.1) is 0 Å². The van der Waals surface area contributed by atoms with Gasteiger partial charge in [-0.25, -0.2) is 0 Å². The molecule has 0 radical (unpaired) electrons. The first-order valence-electron chi connectivity index (χ1n) is 4.65. The summed E-state index contributed by atoms with van der Waals surface area (Å²) in [5.74, 6) is 0.951. The maximum Gasteiger partial charge on any atom is 0.167 e. The Morgan fingerprint density at radius 3 is 2.77 bits per heavy atom. The van der Waals surface area contributed by atoms with Gasteiger partial charge in [-0.2, -0.15) is 0 Å². The van der Waals surface area contributed by atoms with Crippen molar-refractivity contribution in [2.75, 3.05) is 0 Å². The number of aryl methyl sites for hydroxylation is 1. The van der Waals surface area contributed by atoms with E-state index in [0.717, 1.165) is 30.1 Å². The number of thiocarbonyl (C=S) groups is 1. The van der Waals surface area contributed by atoms with Crippen LogP contribution in [0.1, 0.15) is 24.8 Å². The lowest BCUT2D eigenvalue weighted by Crippen LogP contribution is -2.09. The standard InChI is InChI=1S/C11H12OS/c13-11-8-4-2-6-9-5-1-3-7-10(9)12-11/h1,3,5,7H,2,4,6,8H2. The van der Waals surface area contributed by atoms with E-state index >= 15 is 0 Å². The number of ether oxygens (including phenoxy) is 1. The molecule has 0 aliphatic carbocycles. The van der Waals surface area contributed by atoms with Crippen LogP contribution in [0.4, 0.5) is 0 Å². The van der Waals surface area contributed by atoms with E-state index in [1.165, 1.54) is 12.0 Å². The molecule has 13 heavy (non-hydrogen) atoms. The molecule has 0 saturated carbocycles. The summed E-state index contributed by atoms with van der Waals surface area (Å²) in [4.78, 5) is 0. The molecule has 68 valence electrons. The van der Waals surface area contributed by atoms with Gasteiger partial charge in [-0.3, -0.25) is 0 Å². The molecular weight excluding hydrogens is 180 g/mol. The zero-order valence-electron chi connectivity index (χ0n) is 7.45. The molecule has 2 heteroatoms. The second kappa shape index (κ2) is 3.88. The lowest BCUT2D eigenvalue weighted by molar-refractivity contribution is 0.517. The topological polar surface area (TPSA) is 9.23 Å². The quantitative estimate of drug-likeness (QED) is 0.584. The number of para-hydroxylation sites is 1. The zero-order valence-corrected chi connectivity index (χ0v) is 8.27. The van der Waals surface area contributed by atoms with E-state index in [9.17, 15) is 0 Å². The molecule has 1 aliphatic heterocycles. The van der Waals surface area contributed by atoms with E-state index in [2.05, 4.69) is 6.07 Å². The van der Waals surface area contributed by atoms with Crippen molar-refractivity contribution in [1.29, 1.82) is 0 Å². The first-order chi connectivity index (χ1) is 6.36. The molecule has 0 fully saturated rings. The van der Waals surface area contributed by atoms with Crippen LogP contribution in [-0.4, -0.2) is 5.05 Å². The van der Waals surface area contributed by atoms with Gasteiger partial charge in [-0.1, -0.05) is 18.2 Å². The van der Waals surface area contributed by atoms with Crippen LogP contribution in [0.25, 0.3) is 0 Å². The van der Waals surface area contributed by atoms with E-state index in [-0.39, 0.29) is 0 Å². The second-order valence-corrected chi connectivity index (χ2v) is 3.74. The first-order valence-corrected chi connectivity index (χ1v) is 5.06. The Labute approximate surface area is 83.7 Å². The average Bonchev–Trinajstić information content (AvgIpc) is 2.11. The van der Waals surface area contributed by atoms with Crippen LogP contribution in [-0.2, 0) is 6.42 Å². The minimum Gasteiger partial charge on any atom is -0.450 e. The van der Waals surface area contributed by atoms with E-state index in [1.807, 2.05) is 18.2 Å². The van der Waals surface area contributed by atoms with Gasteiger partial charge in [0.05, 0.1) is 0 Å². The molecule has 1 aromatic rings. The van der Waals surface area contributed by atoms with Gasteiger partial charge in [0.2, 0.25) is 0 Å². The Kier molecular flexibility index (Phi) is 2.60. The van der Waals surface area contributed by atoms with Crippen molar-refractivity contribution in [2.45, 2.75) is 25.7 Å². The number of hydrogen-bond acceptors (Lipinski definition) is 2. The molecule has 1 heterocycles. The average molecular weight is 192 g/mol. The van der Waals surface area contributed by atoms with Crippen LogP contribution in [0.15, 0.2) is 24.3 Å². The van der Waals surface area contributed by atoms with Crippen molar-refractivity contribution in [1.82, 2.24) is 0 Å². The molecule has 0 spiro atoms. The number of hydrogen-bond donors (Lipinski definition) is 0. The highest BCUT2D eigenvalue weighted by Crippen LogP contribution is 2.23. The van der Waals surface area contributed by atoms with Crippen molar-refractivity contribution in [2.24, 2.45) is 0 Å². The molecule has 1 aliphatic rings. The van der Waals surface area contributed by atoms with Crippen molar-refractivity contribution in [3.63, 3.8) is 0 Å². The molecule has 0 saturated heterocycles. The Hall–Kier alpha value is -0.890. The highest BCUT2D eigenvalue weighted by molar-refractivity contribution is 7.80. The lowest BCUT2D eigenvalue weighted by atomic mass is 10.0. The van der Waals surface area contributed by atoms with Gasteiger partial charge in [0.15, 0.2) is 5.05 Å². The molecule has 2 rings (SSSR count). The van der Waals surface area contributed by atoms with E-state index in [0.29, 0.717) is 0 Å². The molecular formula is C11H12OS. The van der Waals surface area contributed by atoms with Gasteiger partial charge < -0.3 is 4.74 Å². The van der Waals surface area contributed by atoms with E-state index in [1.54, 1.807) is 0 Å². The maximum atomic E-state index is 5.57. The third-order valence-corrected chi connectivity index (χ3v) is 2.56. The monoisotopic (exact) mass is 192 g/mol. The molecule has 0 amide bonds. The first kappa shape index (κ1) is 8.70. The predicted octanol–water partition coefficient (Wildman–Crippen LogP) is 3.12. The minimum absolute atomic E-state index is 0.729. The number of fused-ring (bicyclic) bond motifs is 1. The van der Waals surface area contributed by atoms with Crippen molar-refractivity contribution >= 4 is 17.3 Å². The van der Waals surface area contributed by atoms with Crippen LogP contribution in [0.3, 0.4) is 0 Å². The largest absolute Gasteiger partial charge is 0.450 e. The highest BCUT2D eigenvalue weighted by Gasteiger charge is 2.09. The van der Waals surface area contributed by atoms with E-state index < -0.39 is 0 Å². The summed E-state index contributed by atoms with van der Waals surface area (Å²) in [6.45, 7) is 0. The van der Waals surface area contributed by atoms with Crippen LogP contribution < -0.4 is 4.74 Å². The van der Waals surface area contributed by atoms with Gasteiger partial charge in [0, 0.05) is 6.42 Å². The summed E-state index contributed by atoms with van der Waals surface area (Å²) in [6.07, 6.45) is 4.39. The molecule has 0 unspecified atom stereocenters.